The van der Waals surface area contributed by atoms with Crippen molar-refractivity contribution in [3.8, 4) is 0 Å². The lowest BCUT2D eigenvalue weighted by Gasteiger charge is -2.23. The fourth-order valence-electron chi connectivity index (χ4n) is 2.84. The van der Waals surface area contributed by atoms with Crippen molar-refractivity contribution in [2.75, 3.05) is 0 Å². The molecule has 106 valence electrons. The Morgan fingerprint density at radius 1 is 0.900 bits per heavy atom. The molecule has 0 spiro atoms. The summed E-state index contributed by atoms with van der Waals surface area (Å²) in [5.41, 5.74) is 5.56. The molecule has 0 heteroatoms. The Balaban J connectivity index is 0.000000461. The first-order valence-electron chi connectivity index (χ1n) is 7.39. The zero-order valence-corrected chi connectivity index (χ0v) is 13.0. The van der Waals surface area contributed by atoms with Crippen LogP contribution in [-0.2, 0) is 0 Å². The average Bonchev–Trinajstić information content (AvgIpc) is 2.79. The summed E-state index contributed by atoms with van der Waals surface area (Å²) in [4.78, 5) is 0. The zero-order chi connectivity index (χ0) is 15.1. The van der Waals surface area contributed by atoms with E-state index in [0.29, 0.717) is 11.8 Å². The van der Waals surface area contributed by atoms with Crippen molar-refractivity contribution in [3.63, 3.8) is 0 Å². The van der Waals surface area contributed by atoms with Crippen LogP contribution in [0.4, 0.5) is 0 Å². The molecule has 3 rings (SSSR count). The van der Waals surface area contributed by atoms with Crippen molar-refractivity contribution >= 4 is 0 Å². The zero-order valence-electron chi connectivity index (χ0n) is 13.0. The summed E-state index contributed by atoms with van der Waals surface area (Å²) in [6.07, 6.45) is 16.8. The molecule has 0 saturated heterocycles. The van der Waals surface area contributed by atoms with Gasteiger partial charge >= 0.3 is 0 Å². The van der Waals surface area contributed by atoms with Crippen molar-refractivity contribution < 1.29 is 0 Å². The van der Waals surface area contributed by atoms with Crippen LogP contribution < -0.4 is 0 Å². The molecule has 0 aromatic carbocycles. The monoisotopic (exact) mass is 266 g/mol. The van der Waals surface area contributed by atoms with Crippen LogP contribution in [0.2, 0.25) is 0 Å². The maximum Gasteiger partial charge on any atom is 0.00982 e. The second-order valence-electron chi connectivity index (χ2n) is 4.85. The molecule has 0 fully saturated rings. The molecule has 0 N–H and O–H groups in total. The lowest BCUT2D eigenvalue weighted by molar-refractivity contribution is 0.572. The van der Waals surface area contributed by atoms with E-state index < -0.39 is 0 Å². The highest BCUT2D eigenvalue weighted by molar-refractivity contribution is 5.50. The highest BCUT2D eigenvalue weighted by atomic mass is 14.3. The summed E-state index contributed by atoms with van der Waals surface area (Å²) in [5.74, 6) is 1.09. The first kappa shape index (κ1) is 16.2. The normalized spacial score (nSPS) is 25.6. The van der Waals surface area contributed by atoms with Crippen LogP contribution in [0.25, 0.3) is 0 Å². The molecule has 0 aromatic rings. The highest BCUT2D eigenvalue weighted by Gasteiger charge is 2.28. The van der Waals surface area contributed by atoms with Gasteiger partial charge in [0.05, 0.1) is 0 Å². The summed E-state index contributed by atoms with van der Waals surface area (Å²) in [7, 11) is 0. The Kier molecular flexibility index (Phi) is 6.24. The summed E-state index contributed by atoms with van der Waals surface area (Å²) in [6.45, 7) is 16.4. The molecular weight excluding hydrogens is 240 g/mol. The van der Waals surface area contributed by atoms with Gasteiger partial charge in [-0.1, -0.05) is 68.5 Å². The standard InChI is InChI=1S/C16H16.C2H6.C2H4/c1-11-6-8-13-4-3-5-14-9-7-12(2)15(11)10-16(13)14;2*1-2/h3-9,15-16H,1,10H2,2H3;1-2H3;1-2H2. The van der Waals surface area contributed by atoms with Gasteiger partial charge in [0.25, 0.3) is 0 Å². The third-order valence-electron chi connectivity index (χ3n) is 3.88. The van der Waals surface area contributed by atoms with E-state index in [-0.39, 0.29) is 0 Å². The summed E-state index contributed by atoms with van der Waals surface area (Å²) < 4.78 is 0. The topological polar surface area (TPSA) is 0 Å². The molecule has 3 aliphatic rings. The van der Waals surface area contributed by atoms with Gasteiger partial charge in [-0.2, -0.15) is 0 Å². The Morgan fingerprint density at radius 2 is 1.55 bits per heavy atom. The minimum atomic E-state index is 0.521. The van der Waals surface area contributed by atoms with Gasteiger partial charge in [-0.15, -0.1) is 13.2 Å². The average molecular weight is 266 g/mol. The van der Waals surface area contributed by atoms with Gasteiger partial charge in [-0.25, -0.2) is 0 Å². The molecule has 2 unspecified atom stereocenters. The van der Waals surface area contributed by atoms with Gasteiger partial charge in [0.2, 0.25) is 0 Å². The molecule has 2 bridgehead atoms. The predicted octanol–water partition coefficient (Wildman–Crippen LogP) is 5.95. The SMILES string of the molecule is C=C.C=C1C=CC2=CC=CC3=CC=C(C)C1CC23.CC. The predicted molar refractivity (Wildman–Crippen MR) is 91.5 cm³/mol. The molecule has 0 aliphatic heterocycles. The molecule has 3 aliphatic carbocycles. The maximum atomic E-state index is 4.20. The fourth-order valence-corrected chi connectivity index (χ4v) is 2.84. The van der Waals surface area contributed by atoms with Crippen molar-refractivity contribution in [1.82, 2.24) is 0 Å². The third kappa shape index (κ3) is 3.19. The molecule has 0 amide bonds. The van der Waals surface area contributed by atoms with E-state index in [0.717, 1.165) is 0 Å². The minimum absolute atomic E-state index is 0.521. The van der Waals surface area contributed by atoms with E-state index in [1.54, 1.807) is 0 Å². The quantitative estimate of drug-likeness (QED) is 0.475. The van der Waals surface area contributed by atoms with Crippen molar-refractivity contribution in [1.29, 1.82) is 0 Å². The van der Waals surface area contributed by atoms with E-state index in [9.17, 15) is 0 Å². The van der Waals surface area contributed by atoms with Gasteiger partial charge in [-0.05, 0) is 30.1 Å². The summed E-state index contributed by atoms with van der Waals surface area (Å²) in [5, 5.41) is 0. The summed E-state index contributed by atoms with van der Waals surface area (Å²) in [6, 6.07) is 0. The molecule has 0 saturated carbocycles. The van der Waals surface area contributed by atoms with Crippen LogP contribution in [0, 0.1) is 11.8 Å². The fraction of sp³-hybridized carbons (Fsp3) is 0.300. The first-order valence-corrected chi connectivity index (χ1v) is 7.39. The second-order valence-corrected chi connectivity index (χ2v) is 4.85. The largest absolute Gasteiger partial charge is 0.106 e. The van der Waals surface area contributed by atoms with Crippen molar-refractivity contribution in [2.45, 2.75) is 27.2 Å². The van der Waals surface area contributed by atoms with Crippen LogP contribution in [-0.4, -0.2) is 0 Å². The Bertz CT molecular complexity index is 506. The maximum absolute atomic E-state index is 4.20. The molecule has 0 heterocycles. The molecule has 2 atom stereocenters. The number of rotatable bonds is 0. The lowest BCUT2D eigenvalue weighted by Crippen LogP contribution is -2.11. The second kappa shape index (κ2) is 7.69. The van der Waals surface area contributed by atoms with Crippen molar-refractivity contribution in [2.24, 2.45) is 11.8 Å². The van der Waals surface area contributed by atoms with Crippen LogP contribution in [0.5, 0.6) is 0 Å². The van der Waals surface area contributed by atoms with E-state index in [1.807, 2.05) is 13.8 Å². The molecule has 0 radical (unpaired) electrons. The lowest BCUT2D eigenvalue weighted by atomic mass is 9.81. The molecule has 0 aromatic heterocycles. The van der Waals surface area contributed by atoms with E-state index in [2.05, 4.69) is 69.2 Å². The number of hydrogen-bond donors (Lipinski definition) is 0. The summed E-state index contributed by atoms with van der Waals surface area (Å²) >= 11 is 0. The molecule has 20 heavy (non-hydrogen) atoms. The number of hydrogen-bond acceptors (Lipinski definition) is 0. The first-order chi connectivity index (χ1) is 9.75. The highest BCUT2D eigenvalue weighted by Crippen LogP contribution is 2.41. The van der Waals surface area contributed by atoms with Gasteiger partial charge in [0, 0.05) is 11.8 Å². The third-order valence-corrected chi connectivity index (χ3v) is 3.88. The van der Waals surface area contributed by atoms with Crippen LogP contribution >= 0.6 is 0 Å². The van der Waals surface area contributed by atoms with Gasteiger partial charge < -0.3 is 0 Å². The van der Waals surface area contributed by atoms with E-state index in [4.69, 9.17) is 0 Å². The Hall–Kier alpha value is -1.82. The Morgan fingerprint density at radius 3 is 2.25 bits per heavy atom. The van der Waals surface area contributed by atoms with Gasteiger partial charge in [0.1, 0.15) is 0 Å². The van der Waals surface area contributed by atoms with E-state index in [1.165, 1.54) is 28.7 Å². The smallest absolute Gasteiger partial charge is 0.00982 e. The number of allylic oxidation sites excluding steroid dienone is 11. The molecular formula is C20H26. The van der Waals surface area contributed by atoms with Crippen LogP contribution in [0.1, 0.15) is 27.2 Å². The minimum Gasteiger partial charge on any atom is -0.106 e. The van der Waals surface area contributed by atoms with Gasteiger partial charge in [0.15, 0.2) is 0 Å². The van der Waals surface area contributed by atoms with Gasteiger partial charge in [-0.3, -0.25) is 0 Å². The van der Waals surface area contributed by atoms with Crippen LogP contribution in [0.3, 0.4) is 0 Å². The molecule has 0 nitrogen and oxygen atoms in total. The van der Waals surface area contributed by atoms with Crippen molar-refractivity contribution in [3.05, 3.63) is 84.6 Å². The van der Waals surface area contributed by atoms with E-state index >= 15 is 0 Å². The number of fused-ring (bicyclic) bond motifs is 1. The van der Waals surface area contributed by atoms with Crippen LogP contribution in [0.15, 0.2) is 84.6 Å². The Labute approximate surface area is 124 Å².